The fourth-order valence-corrected chi connectivity index (χ4v) is 3.22. The summed E-state index contributed by atoms with van der Waals surface area (Å²) < 4.78 is 13.8. The fourth-order valence-electron chi connectivity index (χ4n) is 2.79. The van der Waals surface area contributed by atoms with Crippen LogP contribution in [0.25, 0.3) is 0 Å². The molecule has 0 spiro atoms. The highest BCUT2D eigenvalue weighted by Crippen LogP contribution is 2.21. The van der Waals surface area contributed by atoms with Crippen molar-refractivity contribution in [2.45, 2.75) is 13.1 Å². The molecule has 2 N–H and O–H groups in total. The van der Waals surface area contributed by atoms with Gasteiger partial charge in [-0.05, 0) is 58.6 Å². The van der Waals surface area contributed by atoms with E-state index in [-0.39, 0.29) is 17.0 Å². The number of aliphatic carboxylic acids is 2. The van der Waals surface area contributed by atoms with Gasteiger partial charge in [-0.3, -0.25) is 0 Å². The molecule has 0 amide bonds. The molecule has 0 aliphatic carbocycles. The van der Waals surface area contributed by atoms with E-state index >= 15 is 0 Å². The van der Waals surface area contributed by atoms with E-state index in [4.69, 9.17) is 42.9 Å². The summed E-state index contributed by atoms with van der Waals surface area (Å²) in [6, 6.07) is 14.1. The Kier molecular flexibility index (Phi) is 9.37. The van der Waals surface area contributed by atoms with Crippen molar-refractivity contribution >= 4 is 35.1 Å². The van der Waals surface area contributed by atoms with Crippen LogP contribution in [0.3, 0.4) is 0 Å². The van der Waals surface area contributed by atoms with E-state index < -0.39 is 25.2 Å². The van der Waals surface area contributed by atoms with E-state index in [1.54, 1.807) is 39.7 Å². The predicted octanol–water partition coefficient (Wildman–Crippen LogP) is 0.110. The van der Waals surface area contributed by atoms with Crippen LogP contribution < -0.4 is 31.0 Å². The Morgan fingerprint density at radius 2 is 1.31 bits per heavy atom. The number of carboxylic acid groups (broad SMARTS) is 2. The fraction of sp³-hybridized carbons (Fsp3) is 0.190. The number of imidazole rings is 1. The van der Waals surface area contributed by atoms with Gasteiger partial charge in [0.2, 0.25) is 6.33 Å². The number of carboxylic acids is 2. The van der Waals surface area contributed by atoms with Crippen LogP contribution in [-0.4, -0.2) is 39.9 Å². The van der Waals surface area contributed by atoms with Gasteiger partial charge in [-0.1, -0.05) is 24.3 Å². The summed E-state index contributed by atoms with van der Waals surface area (Å²) in [5, 5.41) is 18.1. The second-order valence-electron chi connectivity index (χ2n) is 6.61. The van der Waals surface area contributed by atoms with Crippen molar-refractivity contribution in [2.24, 2.45) is 0 Å². The lowest BCUT2D eigenvalue weighted by Crippen LogP contribution is -3.00. The normalized spacial score (nSPS) is 10.3. The lowest BCUT2D eigenvalue weighted by atomic mass is 10.2. The quantitative estimate of drug-likeness (QED) is 0.351. The van der Waals surface area contributed by atoms with E-state index in [0.29, 0.717) is 34.9 Å². The molecule has 11 heteroatoms. The van der Waals surface area contributed by atoms with Crippen LogP contribution in [0.15, 0.2) is 54.9 Å². The number of halogens is 3. The smallest absolute Gasteiger partial charge is 0.341 e. The average Bonchev–Trinajstić information content (AvgIpc) is 3.00. The van der Waals surface area contributed by atoms with Crippen molar-refractivity contribution in [2.75, 3.05) is 13.2 Å². The molecule has 170 valence electrons. The summed E-state index contributed by atoms with van der Waals surface area (Å²) in [4.78, 5) is 21.1. The maximum Gasteiger partial charge on any atom is 0.341 e. The maximum absolute atomic E-state index is 10.6. The van der Waals surface area contributed by atoms with Gasteiger partial charge in [0.15, 0.2) is 13.2 Å². The zero-order valence-corrected chi connectivity index (χ0v) is 19.7. The van der Waals surface area contributed by atoms with Gasteiger partial charge < -0.3 is 36.7 Å². The molecule has 2 aromatic carbocycles. The van der Waals surface area contributed by atoms with Crippen LogP contribution in [0, 0.1) is 0 Å². The van der Waals surface area contributed by atoms with Crippen LogP contribution in [-0.2, 0) is 22.7 Å². The first-order valence-corrected chi connectivity index (χ1v) is 9.88. The highest BCUT2D eigenvalue weighted by molar-refractivity contribution is 6.39. The van der Waals surface area contributed by atoms with Crippen LogP contribution >= 0.6 is 23.2 Å². The first kappa shape index (κ1) is 25.5. The molecule has 0 saturated heterocycles. The zero-order chi connectivity index (χ0) is 22.4. The summed E-state index contributed by atoms with van der Waals surface area (Å²) >= 11 is 12.8. The second-order valence-corrected chi connectivity index (χ2v) is 7.32. The van der Waals surface area contributed by atoms with Crippen molar-refractivity contribution in [3.05, 3.63) is 76.3 Å². The van der Waals surface area contributed by atoms with Crippen LogP contribution in [0.4, 0.5) is 0 Å². The number of hydrogen-bond donors (Lipinski definition) is 2. The predicted molar refractivity (Wildman–Crippen MR) is 112 cm³/mol. The third-order valence-electron chi connectivity index (χ3n) is 4.23. The minimum Gasteiger partial charge on any atom is -1.00 e. The number of nitrogens with zero attached hydrogens (tertiary/aromatic N) is 2. The van der Waals surface area contributed by atoms with E-state index in [1.165, 1.54) is 0 Å². The SMILES string of the molecule is O=C(O)COc1ccc(Cn2c[n+](Cc3ccc(OCC(=O)O)cc3)c(Cl)c2Cl)cc1.[Br-]. The number of benzene rings is 2. The van der Waals surface area contributed by atoms with Crippen molar-refractivity contribution in [1.82, 2.24) is 4.57 Å². The lowest BCUT2D eigenvalue weighted by molar-refractivity contribution is -0.685. The van der Waals surface area contributed by atoms with Crippen LogP contribution in [0.2, 0.25) is 10.3 Å². The monoisotopic (exact) mass is 544 g/mol. The largest absolute Gasteiger partial charge is 1.00 e. The number of carbonyl (C=O) groups is 2. The second kappa shape index (κ2) is 11.8. The average molecular weight is 546 g/mol. The first-order valence-electron chi connectivity index (χ1n) is 9.12. The van der Waals surface area contributed by atoms with Crippen molar-refractivity contribution < 1.29 is 50.8 Å². The Morgan fingerprint density at radius 1 is 0.844 bits per heavy atom. The molecule has 0 saturated carbocycles. The summed E-state index contributed by atoms with van der Waals surface area (Å²) in [5.41, 5.74) is 1.87. The van der Waals surface area contributed by atoms with Crippen LogP contribution in [0.1, 0.15) is 11.1 Å². The van der Waals surface area contributed by atoms with Gasteiger partial charge in [0.25, 0.3) is 10.3 Å². The summed E-state index contributed by atoms with van der Waals surface area (Å²) in [6.45, 7) is 0.134. The van der Waals surface area contributed by atoms with Gasteiger partial charge in [0, 0.05) is 0 Å². The van der Waals surface area contributed by atoms with E-state index in [1.807, 2.05) is 24.3 Å². The Morgan fingerprint density at radius 3 is 1.78 bits per heavy atom. The van der Waals surface area contributed by atoms with Gasteiger partial charge in [-0.2, -0.15) is 0 Å². The Hall–Kier alpha value is -2.75. The van der Waals surface area contributed by atoms with Gasteiger partial charge in [0.05, 0.1) is 0 Å². The molecule has 0 aliphatic rings. The molecular weight excluding hydrogens is 527 g/mol. The Labute approximate surface area is 204 Å². The van der Waals surface area contributed by atoms with E-state index in [0.717, 1.165) is 11.1 Å². The Balaban J connectivity index is 0.00000363. The van der Waals surface area contributed by atoms with Crippen molar-refractivity contribution in [3.63, 3.8) is 0 Å². The summed E-state index contributed by atoms with van der Waals surface area (Å²) in [5.74, 6) is -1.14. The number of ether oxygens (including phenoxy) is 2. The summed E-state index contributed by atoms with van der Waals surface area (Å²) in [7, 11) is 0. The van der Waals surface area contributed by atoms with Crippen molar-refractivity contribution in [3.8, 4) is 11.5 Å². The van der Waals surface area contributed by atoms with E-state index in [9.17, 15) is 9.59 Å². The van der Waals surface area contributed by atoms with Gasteiger partial charge in [-0.15, -0.1) is 0 Å². The minimum atomic E-state index is -1.04. The molecule has 8 nitrogen and oxygen atoms in total. The molecule has 3 rings (SSSR count). The lowest BCUT2D eigenvalue weighted by Gasteiger charge is -2.04. The molecule has 0 bridgehead atoms. The van der Waals surface area contributed by atoms with E-state index in [2.05, 4.69) is 0 Å². The molecule has 0 unspecified atom stereocenters. The molecule has 0 radical (unpaired) electrons. The number of rotatable bonds is 10. The molecular formula is C21H19BrCl2N2O6. The van der Waals surface area contributed by atoms with Crippen molar-refractivity contribution in [1.29, 1.82) is 0 Å². The topological polar surface area (TPSA) is 102 Å². The molecule has 1 aromatic heterocycles. The molecule has 0 fully saturated rings. The number of hydrogen-bond acceptors (Lipinski definition) is 4. The molecule has 32 heavy (non-hydrogen) atoms. The number of aromatic nitrogens is 2. The van der Waals surface area contributed by atoms with Gasteiger partial charge in [0.1, 0.15) is 24.6 Å². The third-order valence-corrected chi connectivity index (χ3v) is 5.12. The first-order chi connectivity index (χ1) is 14.8. The van der Waals surface area contributed by atoms with Gasteiger partial charge in [-0.25, -0.2) is 18.7 Å². The third kappa shape index (κ3) is 7.15. The molecule has 0 atom stereocenters. The highest BCUT2D eigenvalue weighted by atomic mass is 79.9. The minimum absolute atomic E-state index is 0. The highest BCUT2D eigenvalue weighted by Gasteiger charge is 2.20. The molecule has 3 aromatic rings. The van der Waals surface area contributed by atoms with Gasteiger partial charge >= 0.3 is 11.9 Å². The maximum atomic E-state index is 10.6. The zero-order valence-electron chi connectivity index (χ0n) is 16.6. The Bertz CT molecular complexity index is 987. The molecule has 1 heterocycles. The molecule has 0 aliphatic heterocycles. The van der Waals surface area contributed by atoms with Crippen LogP contribution in [0.5, 0.6) is 11.5 Å². The standard InChI is InChI=1S/C21H18Cl2N2O6.BrH/c22-20-21(23)25(10-15-3-7-17(8-4-15)31-12-19(28)29)13-24(20)9-14-1-5-16(6-2-14)30-11-18(26)27;/h1-8,13H,9-12H2,(H-,26,27,28,29);1H. The summed E-state index contributed by atoms with van der Waals surface area (Å²) in [6.07, 6.45) is 1.80.